The Kier molecular flexibility index (Phi) is 25.9. The summed E-state index contributed by atoms with van der Waals surface area (Å²) in [6, 6.07) is 22.7. The largest absolute Gasteiger partial charge is 0.508 e. The Bertz CT molecular complexity index is 2970. The van der Waals surface area contributed by atoms with Gasteiger partial charge in [-0.2, -0.15) is 0 Å². The molecule has 1 saturated heterocycles. The van der Waals surface area contributed by atoms with Crippen molar-refractivity contribution in [3.05, 3.63) is 126 Å². The van der Waals surface area contributed by atoms with E-state index in [9.17, 15) is 29.4 Å². The van der Waals surface area contributed by atoms with Gasteiger partial charge in [0.25, 0.3) is 0 Å². The maximum absolute atomic E-state index is 15.4. The number of rotatable bonds is 24. The lowest BCUT2D eigenvalue weighted by Gasteiger charge is -2.33. The topological polar surface area (TPSA) is 266 Å². The van der Waals surface area contributed by atoms with Crippen LogP contribution in [0.5, 0.6) is 5.75 Å². The number of fused-ring (bicyclic) bond motifs is 1. The summed E-state index contributed by atoms with van der Waals surface area (Å²) in [4.78, 5) is 126. The van der Waals surface area contributed by atoms with E-state index in [2.05, 4.69) is 38.2 Å². The van der Waals surface area contributed by atoms with E-state index in [0.717, 1.165) is 28.8 Å². The number of unbranched alkanes of at least 4 members (excludes halogenated alkanes) is 2. The second-order valence-electron chi connectivity index (χ2n) is 22.8. The molecule has 3 heterocycles. The number of carbonyl (C=O) groups excluding carboxylic acids is 8. The monoisotopic (exact) mass is 1190 g/mol. The first-order valence-electron chi connectivity index (χ1n) is 29.2. The number of carbonyl (C=O) groups is 8. The maximum atomic E-state index is 15.4. The first-order valence-corrected chi connectivity index (χ1v) is 31.5. The molecule has 3 aromatic carbocycles. The molecule has 20 heteroatoms. The summed E-state index contributed by atoms with van der Waals surface area (Å²) in [7, 11) is 4.56. The molecule has 2 aromatic heterocycles. The Balaban J connectivity index is 1.40. The number of ketones is 3. The van der Waals surface area contributed by atoms with Crippen molar-refractivity contribution in [3.8, 4) is 5.75 Å². The molecule has 8 atom stereocenters. The van der Waals surface area contributed by atoms with Gasteiger partial charge in [-0.3, -0.25) is 33.6 Å². The van der Waals surface area contributed by atoms with Crippen molar-refractivity contribution in [1.82, 2.24) is 36.1 Å². The number of nitrogens with zero attached hydrogens (tertiary/aromatic N) is 2. The molecule has 452 valence electrons. The molecule has 6 rings (SSSR count). The van der Waals surface area contributed by atoms with Crippen LogP contribution in [0, 0.1) is 17.8 Å². The van der Waals surface area contributed by atoms with E-state index in [4.69, 9.17) is 4.74 Å². The number of likely N-dealkylation sites (N-methyl/N-ethyl adjacent to an activating group) is 1. The molecule has 18 nitrogen and oxygen atoms in total. The van der Waals surface area contributed by atoms with Crippen molar-refractivity contribution < 1.29 is 53.3 Å². The number of Topliss-reactive ketones (excluding diaryl/α,β-unsaturated/α-hetero) is 3. The average molecular weight is 1190 g/mol. The Morgan fingerprint density at radius 2 is 1.44 bits per heavy atom. The highest BCUT2D eigenvalue weighted by Crippen LogP contribution is 2.32. The summed E-state index contributed by atoms with van der Waals surface area (Å²) in [6.45, 7) is 8.78. The molecule has 0 saturated carbocycles. The fourth-order valence-electron chi connectivity index (χ4n) is 10.4. The highest BCUT2D eigenvalue weighted by atomic mass is 33.1. The van der Waals surface area contributed by atoms with Crippen molar-refractivity contribution >= 4 is 79.6 Å². The standard InChI is InChI=1S/C64H83N7O11S2/c1-7-8-20-44(31-34-83-84-57-24-15-17-32-65-57)54(74)30-29-53-56(76)39-46(35-43-25-27-48(73)28-26-43)60(78)68-51(37-47-40-67-50-23-13-12-22-49(47)50)55(75)38-45(21-14-16-33-66-63(81)82-64(3,4)5)59(77)70-58(41(2)72)61(79)69-52(62(80)71(53)6)36-42-18-10-9-11-19-42/h9-13,15,17-19,22-28,32,40-41,44-46,51-53,58,67,72-73H,7-8,14,16,20-21,29-31,33-39H2,1-6H3,(H,66,81)(H,68,78)(H,69,79)(H,70,77)/t41-,44?,45-,46-,51-,52+,53+,58+/m1/s1. The van der Waals surface area contributed by atoms with Gasteiger partial charge in [-0.05, 0) is 124 Å². The lowest BCUT2D eigenvalue weighted by Crippen LogP contribution is -2.59. The van der Waals surface area contributed by atoms with Crippen LogP contribution in [0.1, 0.15) is 122 Å². The number of benzene rings is 3. The molecule has 0 spiro atoms. The van der Waals surface area contributed by atoms with Crippen molar-refractivity contribution in [3.63, 3.8) is 0 Å². The molecule has 0 bridgehead atoms. The van der Waals surface area contributed by atoms with Crippen LogP contribution < -0.4 is 21.3 Å². The minimum atomic E-state index is -1.63. The number of H-pyrrole nitrogens is 1. The molecule has 84 heavy (non-hydrogen) atoms. The van der Waals surface area contributed by atoms with E-state index in [1.807, 2.05) is 42.5 Å². The zero-order valence-electron chi connectivity index (χ0n) is 49.1. The first kappa shape index (κ1) is 66.1. The number of alkyl carbamates (subject to hydrolysis) is 1. The van der Waals surface area contributed by atoms with Gasteiger partial charge in [-0.25, -0.2) is 9.78 Å². The molecule has 7 N–H and O–H groups in total. The van der Waals surface area contributed by atoms with Gasteiger partial charge < -0.3 is 46.1 Å². The van der Waals surface area contributed by atoms with Gasteiger partial charge in [-0.15, -0.1) is 0 Å². The molecular weight excluding hydrogens is 1110 g/mol. The Labute approximate surface area is 501 Å². The Morgan fingerprint density at radius 3 is 2.14 bits per heavy atom. The SMILES string of the molecule is CCCCC(CCSSc1ccccn1)C(=O)CC[C@H]1C(=O)C[C@@H](Cc2ccc(O)cc2)C(=O)N[C@H](Cc2c[nH]c3ccccc23)C(=O)C[C@@H](CCCCNC(=O)OC(C)(C)C)C(=O)N[C@@H]([C@@H](C)O)C(=O)N[C@@H](Cc2ccccc2)C(=O)N1C. The number of hydrogen-bond acceptors (Lipinski definition) is 14. The number of phenolic OH excluding ortho intramolecular Hbond substituents is 1. The second kappa shape index (κ2) is 32.9. The van der Waals surface area contributed by atoms with Gasteiger partial charge in [0.05, 0.1) is 18.2 Å². The molecule has 1 aliphatic rings. The van der Waals surface area contributed by atoms with Crippen LogP contribution in [0.2, 0.25) is 0 Å². The van der Waals surface area contributed by atoms with Gasteiger partial charge >= 0.3 is 6.09 Å². The molecule has 5 amide bonds. The molecule has 0 aliphatic carbocycles. The third-order valence-electron chi connectivity index (χ3n) is 15.0. The van der Waals surface area contributed by atoms with E-state index in [1.54, 1.807) is 86.4 Å². The molecule has 1 aliphatic heterocycles. The highest BCUT2D eigenvalue weighted by Gasteiger charge is 2.39. The van der Waals surface area contributed by atoms with Crippen molar-refractivity contribution in [2.24, 2.45) is 17.8 Å². The number of amides is 5. The summed E-state index contributed by atoms with van der Waals surface area (Å²) in [5.41, 5.74) is 1.98. The summed E-state index contributed by atoms with van der Waals surface area (Å²) >= 11 is 0. The van der Waals surface area contributed by atoms with Crippen LogP contribution >= 0.6 is 21.6 Å². The predicted molar refractivity (Wildman–Crippen MR) is 327 cm³/mol. The van der Waals surface area contributed by atoms with E-state index in [1.165, 1.54) is 41.8 Å². The van der Waals surface area contributed by atoms with E-state index in [0.29, 0.717) is 48.1 Å². The van der Waals surface area contributed by atoms with Gasteiger partial charge in [-0.1, -0.05) is 104 Å². The fraction of sp³-hybridized carbons (Fsp3) is 0.484. The zero-order valence-corrected chi connectivity index (χ0v) is 50.7. The minimum absolute atomic E-state index is 0.0177. The molecule has 0 radical (unpaired) electrons. The van der Waals surface area contributed by atoms with E-state index in [-0.39, 0.29) is 62.5 Å². The molecular formula is C64H83N7O11S2. The average Bonchev–Trinajstić information content (AvgIpc) is 4.04. The molecule has 1 fully saturated rings. The summed E-state index contributed by atoms with van der Waals surface area (Å²) in [5.74, 6) is -6.09. The van der Waals surface area contributed by atoms with Crippen LogP contribution in [0.3, 0.4) is 0 Å². The third kappa shape index (κ3) is 20.9. The summed E-state index contributed by atoms with van der Waals surface area (Å²) < 4.78 is 5.38. The Hall–Kier alpha value is -7.03. The first-order chi connectivity index (χ1) is 40.2. The minimum Gasteiger partial charge on any atom is -0.508 e. The van der Waals surface area contributed by atoms with Crippen molar-refractivity contribution in [2.75, 3.05) is 19.3 Å². The summed E-state index contributed by atoms with van der Waals surface area (Å²) in [5, 5.41) is 34.4. The molecule has 5 aromatic rings. The number of aliphatic hydroxyl groups excluding tert-OH is 1. The van der Waals surface area contributed by atoms with Crippen LogP contribution in [0.25, 0.3) is 10.9 Å². The molecule has 1 unspecified atom stereocenters. The van der Waals surface area contributed by atoms with Gasteiger partial charge in [0, 0.05) is 92.5 Å². The number of pyridine rings is 1. The van der Waals surface area contributed by atoms with E-state index >= 15 is 19.2 Å². The quantitative estimate of drug-likeness (QED) is 0.0225. The van der Waals surface area contributed by atoms with E-state index < -0.39 is 102 Å². The number of hydrogen-bond donors (Lipinski definition) is 7. The second-order valence-corrected chi connectivity index (χ2v) is 25.2. The third-order valence-corrected chi connectivity index (χ3v) is 17.3. The Morgan fingerprint density at radius 1 is 0.762 bits per heavy atom. The zero-order chi connectivity index (χ0) is 60.8. The number of nitrogens with one attached hydrogen (secondary N) is 5. The van der Waals surface area contributed by atoms with Crippen molar-refractivity contribution in [1.29, 1.82) is 0 Å². The van der Waals surface area contributed by atoms with Crippen molar-refractivity contribution in [2.45, 2.75) is 165 Å². The smallest absolute Gasteiger partial charge is 0.407 e. The normalized spacial score (nSPS) is 20.5. The maximum Gasteiger partial charge on any atom is 0.407 e. The van der Waals surface area contributed by atoms with Gasteiger partial charge in [0.2, 0.25) is 23.6 Å². The number of aromatic nitrogens is 2. The number of phenols is 1. The predicted octanol–water partition coefficient (Wildman–Crippen LogP) is 8.80. The number of aliphatic hydroxyl groups is 1. The highest BCUT2D eigenvalue weighted by molar-refractivity contribution is 8.76. The fourth-order valence-corrected chi connectivity index (χ4v) is 12.4. The van der Waals surface area contributed by atoms with Gasteiger partial charge in [0.1, 0.15) is 34.2 Å². The van der Waals surface area contributed by atoms with Crippen LogP contribution in [-0.2, 0) is 57.6 Å². The van der Waals surface area contributed by atoms with Crippen LogP contribution in [0.15, 0.2) is 114 Å². The lowest BCUT2D eigenvalue weighted by molar-refractivity contribution is -0.143. The lowest BCUT2D eigenvalue weighted by atomic mass is 9.86. The number of para-hydroxylation sites is 1. The number of ether oxygens (including phenoxy) is 1. The number of aromatic amines is 1. The summed E-state index contributed by atoms with van der Waals surface area (Å²) in [6.07, 6.45) is 3.81. The number of aromatic hydroxyl groups is 1. The van der Waals surface area contributed by atoms with Crippen LogP contribution in [-0.4, -0.2) is 127 Å². The van der Waals surface area contributed by atoms with Gasteiger partial charge in [0.15, 0.2) is 11.6 Å². The van der Waals surface area contributed by atoms with Crippen LogP contribution in [0.4, 0.5) is 4.79 Å².